The van der Waals surface area contributed by atoms with Crippen LogP contribution in [0.2, 0.25) is 0 Å². The highest BCUT2D eigenvalue weighted by Crippen LogP contribution is 2.47. The average molecular weight is 402 g/mol. The van der Waals surface area contributed by atoms with Crippen LogP contribution in [0, 0.1) is 11.3 Å². The minimum absolute atomic E-state index is 0.546. The number of rotatable bonds is 7. The summed E-state index contributed by atoms with van der Waals surface area (Å²) >= 11 is 5.62. The molecular formula is C23H35N3OS. The van der Waals surface area contributed by atoms with E-state index in [9.17, 15) is 0 Å². The number of thiocarbonyl (C=S) groups is 1. The van der Waals surface area contributed by atoms with Crippen molar-refractivity contribution >= 4 is 17.3 Å². The van der Waals surface area contributed by atoms with E-state index in [0.717, 1.165) is 37.0 Å². The van der Waals surface area contributed by atoms with Crippen molar-refractivity contribution in [3.05, 3.63) is 29.8 Å². The van der Waals surface area contributed by atoms with Crippen LogP contribution < -0.4 is 10.1 Å². The van der Waals surface area contributed by atoms with Crippen molar-refractivity contribution in [3.8, 4) is 5.75 Å². The van der Waals surface area contributed by atoms with E-state index in [1.165, 1.54) is 50.9 Å². The summed E-state index contributed by atoms with van der Waals surface area (Å²) in [5.74, 6) is 1.55. The molecule has 28 heavy (non-hydrogen) atoms. The zero-order valence-corrected chi connectivity index (χ0v) is 18.3. The Bertz CT molecular complexity index is 663. The fourth-order valence-corrected chi connectivity index (χ4v) is 4.70. The van der Waals surface area contributed by atoms with Crippen molar-refractivity contribution in [3.63, 3.8) is 0 Å². The molecule has 0 atom stereocenters. The third-order valence-corrected chi connectivity index (χ3v) is 6.94. The van der Waals surface area contributed by atoms with E-state index in [0.29, 0.717) is 17.4 Å². The first kappa shape index (κ1) is 20.0. The zero-order chi connectivity index (χ0) is 19.6. The van der Waals surface area contributed by atoms with Crippen LogP contribution in [0.1, 0.15) is 45.1 Å². The molecule has 1 aromatic rings. The maximum absolute atomic E-state index is 5.78. The fraction of sp³-hybridized carbons (Fsp3) is 0.696. The summed E-state index contributed by atoms with van der Waals surface area (Å²) in [4.78, 5) is 5.13. The minimum atomic E-state index is 0.546. The van der Waals surface area contributed by atoms with Crippen molar-refractivity contribution in [1.82, 2.24) is 15.1 Å². The van der Waals surface area contributed by atoms with Gasteiger partial charge in [0.1, 0.15) is 5.75 Å². The fourth-order valence-electron chi connectivity index (χ4n) is 4.42. The molecule has 2 aliphatic heterocycles. The van der Waals surface area contributed by atoms with E-state index >= 15 is 0 Å². The van der Waals surface area contributed by atoms with Crippen LogP contribution in [0.3, 0.4) is 0 Å². The Morgan fingerprint density at radius 1 is 1.18 bits per heavy atom. The average Bonchev–Trinajstić information content (AvgIpc) is 3.47. The molecule has 2 heterocycles. The van der Waals surface area contributed by atoms with E-state index in [4.69, 9.17) is 17.0 Å². The van der Waals surface area contributed by atoms with Crippen LogP contribution in [0.4, 0.5) is 0 Å². The molecule has 1 aliphatic carbocycles. The number of nitrogens with zero attached hydrogens (tertiary/aromatic N) is 2. The van der Waals surface area contributed by atoms with Crippen LogP contribution in [0.25, 0.3) is 0 Å². The highest BCUT2D eigenvalue weighted by Gasteiger charge is 2.48. The molecule has 3 fully saturated rings. The topological polar surface area (TPSA) is 27.7 Å². The van der Waals surface area contributed by atoms with Crippen molar-refractivity contribution in [1.29, 1.82) is 0 Å². The molecule has 1 N–H and O–H groups in total. The summed E-state index contributed by atoms with van der Waals surface area (Å²) in [6, 6.07) is 9.29. The van der Waals surface area contributed by atoms with Gasteiger partial charge in [-0.3, -0.25) is 0 Å². The molecule has 0 radical (unpaired) electrons. The van der Waals surface area contributed by atoms with Crippen molar-refractivity contribution in [2.75, 3.05) is 39.3 Å². The summed E-state index contributed by atoms with van der Waals surface area (Å²) in [6.45, 7) is 10.9. The van der Waals surface area contributed by atoms with Crippen LogP contribution in [-0.4, -0.2) is 60.3 Å². The van der Waals surface area contributed by atoms with Gasteiger partial charge in [0.25, 0.3) is 0 Å². The third-order valence-electron chi connectivity index (χ3n) is 6.56. The maximum Gasteiger partial charge on any atom is 0.169 e. The molecular weight excluding hydrogens is 366 g/mol. The van der Waals surface area contributed by atoms with Crippen LogP contribution in [0.5, 0.6) is 5.75 Å². The summed E-state index contributed by atoms with van der Waals surface area (Å²) in [7, 11) is 0. The van der Waals surface area contributed by atoms with Crippen LogP contribution >= 0.6 is 12.2 Å². The second-order valence-corrected chi connectivity index (χ2v) is 9.84. The summed E-state index contributed by atoms with van der Waals surface area (Å²) < 4.78 is 5.78. The number of benzene rings is 1. The van der Waals surface area contributed by atoms with Crippen molar-refractivity contribution in [2.45, 2.75) is 52.0 Å². The van der Waals surface area contributed by atoms with Gasteiger partial charge in [-0.25, -0.2) is 0 Å². The van der Waals surface area contributed by atoms with E-state index in [2.05, 4.69) is 53.2 Å². The van der Waals surface area contributed by atoms with Gasteiger partial charge in [0, 0.05) is 44.2 Å². The van der Waals surface area contributed by atoms with Crippen molar-refractivity contribution < 1.29 is 4.74 Å². The number of hydrogen-bond donors (Lipinski definition) is 1. The van der Waals surface area contributed by atoms with Gasteiger partial charge in [0.2, 0.25) is 0 Å². The zero-order valence-electron chi connectivity index (χ0n) is 17.5. The Balaban J connectivity index is 1.20. The summed E-state index contributed by atoms with van der Waals surface area (Å²) in [6.07, 6.45) is 6.33. The maximum atomic E-state index is 5.78. The van der Waals surface area contributed by atoms with E-state index in [1.54, 1.807) is 0 Å². The van der Waals surface area contributed by atoms with Crippen LogP contribution in [0.15, 0.2) is 24.3 Å². The minimum Gasteiger partial charge on any atom is -0.493 e. The molecule has 3 aliphatic rings. The highest BCUT2D eigenvalue weighted by atomic mass is 32.1. The molecule has 154 valence electrons. The smallest absolute Gasteiger partial charge is 0.169 e. The first-order valence-electron chi connectivity index (χ1n) is 11.0. The Labute approximate surface area is 175 Å². The highest BCUT2D eigenvalue weighted by molar-refractivity contribution is 7.80. The number of ether oxygens (including phenoxy) is 1. The number of likely N-dealkylation sites (tertiary alicyclic amines) is 1. The molecule has 5 heteroatoms. The monoisotopic (exact) mass is 401 g/mol. The standard InChI is InChI=1S/C23H35N3OS/c1-18(2)15-27-21-5-3-19(4-6-21)7-12-25-13-8-20(9-14-25)26-17-23(10-11-23)16-24-22(26)28/h3-6,18,20H,7-17H2,1-2H3,(H,24,28). The second kappa shape index (κ2) is 8.58. The summed E-state index contributed by atoms with van der Waals surface area (Å²) in [5.41, 5.74) is 1.95. The van der Waals surface area contributed by atoms with Crippen molar-refractivity contribution in [2.24, 2.45) is 11.3 Å². The lowest BCUT2D eigenvalue weighted by Gasteiger charge is -2.44. The molecule has 2 saturated heterocycles. The number of nitrogens with one attached hydrogen (secondary N) is 1. The molecule has 1 saturated carbocycles. The van der Waals surface area contributed by atoms with Gasteiger partial charge in [-0.1, -0.05) is 26.0 Å². The predicted octanol–water partition coefficient (Wildman–Crippen LogP) is 3.70. The SMILES string of the molecule is CC(C)COc1ccc(CCN2CCC(N3CC4(CC4)CNC3=S)CC2)cc1. The lowest BCUT2D eigenvalue weighted by atomic mass is 9.98. The number of piperidine rings is 1. The lowest BCUT2D eigenvalue weighted by Crippen LogP contribution is -2.57. The molecule has 0 aromatic heterocycles. The molecule has 0 unspecified atom stereocenters. The first-order chi connectivity index (χ1) is 13.5. The number of hydrogen-bond acceptors (Lipinski definition) is 3. The van der Waals surface area contributed by atoms with E-state index in [-0.39, 0.29) is 0 Å². The molecule has 0 amide bonds. The second-order valence-electron chi connectivity index (χ2n) is 9.46. The Morgan fingerprint density at radius 3 is 2.54 bits per heavy atom. The Kier molecular flexibility index (Phi) is 6.12. The Morgan fingerprint density at radius 2 is 1.89 bits per heavy atom. The van der Waals surface area contributed by atoms with Gasteiger partial charge in [-0.05, 0) is 67.9 Å². The van der Waals surface area contributed by atoms with Gasteiger partial charge < -0.3 is 19.9 Å². The van der Waals surface area contributed by atoms with Gasteiger partial charge in [-0.2, -0.15) is 0 Å². The Hall–Kier alpha value is -1.33. The normalized spacial score (nSPS) is 22.5. The quantitative estimate of drug-likeness (QED) is 0.704. The largest absolute Gasteiger partial charge is 0.493 e. The molecule has 1 spiro atoms. The first-order valence-corrected chi connectivity index (χ1v) is 11.4. The molecule has 4 nitrogen and oxygen atoms in total. The lowest BCUT2D eigenvalue weighted by molar-refractivity contribution is 0.131. The van der Waals surface area contributed by atoms with E-state index in [1.807, 2.05) is 0 Å². The summed E-state index contributed by atoms with van der Waals surface area (Å²) in [5, 5.41) is 4.49. The third kappa shape index (κ3) is 4.98. The molecule has 4 rings (SSSR count). The predicted molar refractivity (Wildman–Crippen MR) is 119 cm³/mol. The van der Waals surface area contributed by atoms with Gasteiger partial charge in [0.05, 0.1) is 6.61 Å². The van der Waals surface area contributed by atoms with Gasteiger partial charge in [0.15, 0.2) is 5.11 Å². The van der Waals surface area contributed by atoms with Crippen LogP contribution in [-0.2, 0) is 6.42 Å². The van der Waals surface area contributed by atoms with E-state index < -0.39 is 0 Å². The molecule has 0 bridgehead atoms. The van der Waals surface area contributed by atoms with Gasteiger partial charge in [-0.15, -0.1) is 0 Å². The van der Waals surface area contributed by atoms with Gasteiger partial charge >= 0.3 is 0 Å². The molecule has 1 aromatic carbocycles.